The summed E-state index contributed by atoms with van der Waals surface area (Å²) in [6.07, 6.45) is 0.269. The highest BCUT2D eigenvalue weighted by atomic mass is 16.5. The predicted molar refractivity (Wildman–Crippen MR) is 88.2 cm³/mol. The van der Waals surface area contributed by atoms with Crippen molar-refractivity contribution >= 4 is 22.6 Å². The fourth-order valence-electron chi connectivity index (χ4n) is 2.50. The summed E-state index contributed by atoms with van der Waals surface area (Å²) in [6, 6.07) is 7.11. The van der Waals surface area contributed by atoms with E-state index in [0.29, 0.717) is 17.7 Å². The number of hydrogen-bond donors (Lipinski definition) is 1. The van der Waals surface area contributed by atoms with Gasteiger partial charge in [0, 0.05) is 41.9 Å². The molecule has 1 aromatic carbocycles. The summed E-state index contributed by atoms with van der Waals surface area (Å²) in [7, 11) is 0. The van der Waals surface area contributed by atoms with E-state index in [1.807, 2.05) is 18.2 Å². The van der Waals surface area contributed by atoms with Crippen LogP contribution in [0, 0.1) is 0 Å². The monoisotopic (exact) mass is 319 g/mol. The Hall–Kier alpha value is -2.34. The van der Waals surface area contributed by atoms with Gasteiger partial charge < -0.3 is 19.8 Å². The molecule has 3 N–H and O–H groups in total. The van der Waals surface area contributed by atoms with Gasteiger partial charge in [0.05, 0.1) is 13.0 Å². The molecule has 0 unspecified atom stereocenters. The maximum absolute atomic E-state index is 11.8. The third-order valence-electron chi connectivity index (χ3n) is 3.71. The van der Waals surface area contributed by atoms with Gasteiger partial charge in [0.1, 0.15) is 12.2 Å². The molecule has 2 aromatic rings. The van der Waals surface area contributed by atoms with Crippen LogP contribution in [0.1, 0.15) is 25.8 Å². The number of quaternary nitrogens is 1. The molecule has 2 rings (SSSR count). The highest BCUT2D eigenvalue weighted by Crippen LogP contribution is 2.24. The zero-order valence-electron chi connectivity index (χ0n) is 13.6. The first-order chi connectivity index (χ1) is 11.1. The van der Waals surface area contributed by atoms with Crippen LogP contribution in [-0.2, 0) is 16.1 Å². The van der Waals surface area contributed by atoms with Crippen molar-refractivity contribution in [3.05, 3.63) is 40.2 Å². The lowest BCUT2D eigenvalue weighted by molar-refractivity contribution is -0.366. The van der Waals surface area contributed by atoms with Crippen molar-refractivity contribution in [3.8, 4) is 0 Å². The lowest BCUT2D eigenvalue weighted by Gasteiger charge is -2.21. The third-order valence-corrected chi connectivity index (χ3v) is 3.71. The fourth-order valence-corrected chi connectivity index (χ4v) is 2.50. The van der Waals surface area contributed by atoms with Gasteiger partial charge >= 0.3 is 11.6 Å². The normalized spacial score (nSPS) is 10.7. The minimum Gasteiger partial charge on any atom is -0.461 e. The first kappa shape index (κ1) is 17.0. The van der Waals surface area contributed by atoms with E-state index in [9.17, 15) is 9.59 Å². The Morgan fingerprint density at radius 2 is 2.00 bits per heavy atom. The molecule has 0 aliphatic heterocycles. The second kappa shape index (κ2) is 7.78. The van der Waals surface area contributed by atoms with E-state index in [2.05, 4.69) is 24.5 Å². The molecule has 0 amide bonds. The largest absolute Gasteiger partial charge is 0.461 e. The van der Waals surface area contributed by atoms with Gasteiger partial charge in [-0.25, -0.2) is 4.79 Å². The molecule has 0 aliphatic rings. The molecule has 0 radical (unpaired) electrons. The Morgan fingerprint density at radius 1 is 1.26 bits per heavy atom. The molecule has 23 heavy (non-hydrogen) atoms. The van der Waals surface area contributed by atoms with Crippen molar-refractivity contribution in [1.29, 1.82) is 0 Å². The SMILES string of the molecule is CCN(CC)c1ccc2c(COC(=O)CC[NH3+])cc(=O)oc2c1. The summed E-state index contributed by atoms with van der Waals surface area (Å²) in [5, 5.41) is 0.780. The summed E-state index contributed by atoms with van der Waals surface area (Å²) in [5.74, 6) is -0.318. The van der Waals surface area contributed by atoms with Crippen LogP contribution in [0.4, 0.5) is 5.69 Å². The highest BCUT2D eigenvalue weighted by molar-refractivity contribution is 5.83. The van der Waals surface area contributed by atoms with Crippen molar-refractivity contribution in [2.75, 3.05) is 24.5 Å². The van der Waals surface area contributed by atoms with E-state index >= 15 is 0 Å². The van der Waals surface area contributed by atoms with Crippen LogP contribution in [0.2, 0.25) is 0 Å². The molecule has 0 bridgehead atoms. The van der Waals surface area contributed by atoms with Crippen molar-refractivity contribution in [2.45, 2.75) is 26.9 Å². The number of carbonyl (C=O) groups excluding carboxylic acids is 1. The van der Waals surface area contributed by atoms with E-state index in [4.69, 9.17) is 9.15 Å². The average Bonchev–Trinajstić information content (AvgIpc) is 2.53. The molecule has 0 atom stereocenters. The van der Waals surface area contributed by atoms with Crippen LogP contribution in [0.5, 0.6) is 0 Å². The second-order valence-corrected chi connectivity index (χ2v) is 5.21. The maximum Gasteiger partial charge on any atom is 0.336 e. The molecule has 0 saturated heterocycles. The molecular weight excluding hydrogens is 296 g/mol. The van der Waals surface area contributed by atoms with E-state index in [-0.39, 0.29) is 19.0 Å². The molecule has 6 heteroatoms. The van der Waals surface area contributed by atoms with Crippen LogP contribution in [0.25, 0.3) is 11.0 Å². The first-order valence-electron chi connectivity index (χ1n) is 7.85. The average molecular weight is 319 g/mol. The van der Waals surface area contributed by atoms with Gasteiger partial charge in [0.25, 0.3) is 0 Å². The standard InChI is InChI=1S/C17H22N2O4/c1-3-19(4-2)13-5-6-14-12(11-22-16(20)7-8-18)9-17(21)23-15(14)10-13/h5-6,9-10H,3-4,7-8,11,18H2,1-2H3/p+1. The lowest BCUT2D eigenvalue weighted by Crippen LogP contribution is -2.51. The van der Waals surface area contributed by atoms with Crippen LogP contribution >= 0.6 is 0 Å². The van der Waals surface area contributed by atoms with Gasteiger partial charge in [0.2, 0.25) is 0 Å². The van der Waals surface area contributed by atoms with E-state index in [1.165, 1.54) is 6.07 Å². The number of nitrogens with zero attached hydrogens (tertiary/aromatic N) is 1. The number of carbonyl (C=O) groups is 1. The lowest BCUT2D eigenvalue weighted by atomic mass is 10.1. The number of ether oxygens (including phenoxy) is 1. The number of benzene rings is 1. The Bertz CT molecular complexity index is 735. The van der Waals surface area contributed by atoms with Crippen LogP contribution in [-0.4, -0.2) is 25.6 Å². The molecule has 1 heterocycles. The minimum absolute atomic E-state index is 0.0611. The fraction of sp³-hybridized carbons (Fsp3) is 0.412. The van der Waals surface area contributed by atoms with E-state index in [0.717, 1.165) is 24.2 Å². The van der Waals surface area contributed by atoms with Gasteiger partial charge in [-0.15, -0.1) is 0 Å². The van der Waals surface area contributed by atoms with Crippen LogP contribution in [0.3, 0.4) is 0 Å². The molecule has 1 aromatic heterocycles. The smallest absolute Gasteiger partial charge is 0.336 e. The zero-order valence-corrected chi connectivity index (χ0v) is 13.6. The van der Waals surface area contributed by atoms with E-state index in [1.54, 1.807) is 0 Å². The number of fused-ring (bicyclic) bond motifs is 1. The van der Waals surface area contributed by atoms with Crippen molar-refractivity contribution < 1.29 is 19.7 Å². The Kier molecular flexibility index (Phi) is 5.76. The second-order valence-electron chi connectivity index (χ2n) is 5.21. The molecule has 0 spiro atoms. The molecule has 0 aliphatic carbocycles. The van der Waals surface area contributed by atoms with Gasteiger partial charge in [0.15, 0.2) is 0 Å². The minimum atomic E-state index is -0.447. The zero-order chi connectivity index (χ0) is 16.8. The highest BCUT2D eigenvalue weighted by Gasteiger charge is 2.11. The first-order valence-corrected chi connectivity index (χ1v) is 7.85. The molecule has 124 valence electrons. The van der Waals surface area contributed by atoms with Crippen LogP contribution < -0.4 is 16.3 Å². The number of rotatable bonds is 7. The Balaban J connectivity index is 2.35. The number of hydrogen-bond acceptors (Lipinski definition) is 5. The van der Waals surface area contributed by atoms with Gasteiger partial charge in [-0.3, -0.25) is 4.79 Å². The van der Waals surface area contributed by atoms with Crippen molar-refractivity contribution in [2.24, 2.45) is 0 Å². The molecule has 0 saturated carbocycles. The predicted octanol–water partition coefficient (Wildman–Crippen LogP) is 1.31. The van der Waals surface area contributed by atoms with Crippen molar-refractivity contribution in [3.63, 3.8) is 0 Å². The number of esters is 1. The number of anilines is 1. The summed E-state index contributed by atoms with van der Waals surface area (Å²) in [4.78, 5) is 25.4. The van der Waals surface area contributed by atoms with E-state index < -0.39 is 5.63 Å². The van der Waals surface area contributed by atoms with Gasteiger partial charge in [-0.2, -0.15) is 0 Å². The topological polar surface area (TPSA) is 87.4 Å². The maximum atomic E-state index is 11.8. The summed E-state index contributed by atoms with van der Waals surface area (Å²) < 4.78 is 10.5. The van der Waals surface area contributed by atoms with Gasteiger partial charge in [-0.05, 0) is 26.0 Å². The molecule has 6 nitrogen and oxygen atoms in total. The Labute approximate surface area is 134 Å². The van der Waals surface area contributed by atoms with Crippen LogP contribution in [0.15, 0.2) is 33.5 Å². The molecule has 0 fully saturated rings. The third kappa shape index (κ3) is 4.10. The Morgan fingerprint density at radius 3 is 2.65 bits per heavy atom. The van der Waals surface area contributed by atoms with Gasteiger partial charge in [-0.1, -0.05) is 0 Å². The molecular formula is C17H23N2O4+. The van der Waals surface area contributed by atoms with Crippen molar-refractivity contribution in [1.82, 2.24) is 0 Å². The quantitative estimate of drug-likeness (QED) is 0.614. The summed E-state index contributed by atoms with van der Waals surface area (Å²) in [6.45, 7) is 6.43. The summed E-state index contributed by atoms with van der Waals surface area (Å²) in [5.41, 5.74) is 5.32. The summed E-state index contributed by atoms with van der Waals surface area (Å²) >= 11 is 0.